The van der Waals surface area contributed by atoms with Gasteiger partial charge in [-0.3, -0.25) is 10.3 Å². The SMILES string of the molecule is C[C@@]1(C(F)(F)F)CN(C(=O)Nc2cnc(N/N=C\C=N)c(C(F)(F)F)c2)c2cnc3cc(F)nn3c21. The molecule has 0 fully saturated rings. The topological polar surface area (TPSA) is 124 Å². The molecule has 0 unspecified atom stereocenters. The summed E-state index contributed by atoms with van der Waals surface area (Å²) in [6.45, 7) is -0.186. The standard InChI is InChI=1S/C19H14F7N9O/c1-17(19(24,25)26)8-34(11-7-28-13-5-12(20)33-35(13)14(11)17)16(36)31-9-4-10(18(21,22)23)15(29-6-9)32-30-3-2-27/h2-7,27H,8H2,1H3,(H,29,32)(H,31,36)/b27-2?,30-3-/t17-/m1/s1. The molecular formula is C19H14F7N9O. The molecule has 17 heteroatoms. The van der Waals surface area contributed by atoms with Gasteiger partial charge < -0.3 is 10.7 Å². The Morgan fingerprint density at radius 3 is 2.56 bits per heavy atom. The van der Waals surface area contributed by atoms with Crippen LogP contribution < -0.4 is 15.6 Å². The number of hydrogen-bond acceptors (Lipinski definition) is 7. The number of pyridine rings is 1. The Kier molecular flexibility index (Phi) is 5.80. The van der Waals surface area contributed by atoms with Crippen molar-refractivity contribution in [1.29, 1.82) is 5.41 Å². The van der Waals surface area contributed by atoms with E-state index in [1.54, 1.807) is 0 Å². The Morgan fingerprint density at radius 2 is 1.92 bits per heavy atom. The largest absolute Gasteiger partial charge is 0.420 e. The molecule has 10 nitrogen and oxygen atoms in total. The second kappa shape index (κ2) is 8.42. The van der Waals surface area contributed by atoms with Crippen LogP contribution >= 0.6 is 0 Å². The molecule has 4 heterocycles. The fraction of sp³-hybridized carbons (Fsp3) is 0.263. The molecule has 2 amide bonds. The minimum atomic E-state index is -4.94. The van der Waals surface area contributed by atoms with Crippen LogP contribution in [0.2, 0.25) is 0 Å². The van der Waals surface area contributed by atoms with Crippen LogP contribution in [0.25, 0.3) is 5.65 Å². The molecule has 4 rings (SSSR count). The van der Waals surface area contributed by atoms with E-state index >= 15 is 0 Å². The minimum Gasteiger partial charge on any atom is -0.307 e. The highest BCUT2D eigenvalue weighted by Gasteiger charge is 2.60. The van der Waals surface area contributed by atoms with Crippen LogP contribution in [0.3, 0.4) is 0 Å². The van der Waals surface area contributed by atoms with Crippen molar-refractivity contribution in [2.75, 3.05) is 22.2 Å². The highest BCUT2D eigenvalue weighted by Crippen LogP contribution is 2.50. The zero-order valence-corrected chi connectivity index (χ0v) is 17.9. The predicted octanol–water partition coefficient (Wildman–Crippen LogP) is 4.20. The molecule has 0 spiro atoms. The van der Waals surface area contributed by atoms with E-state index in [0.717, 1.165) is 31.6 Å². The van der Waals surface area contributed by atoms with Gasteiger partial charge in [0, 0.05) is 18.8 Å². The van der Waals surface area contributed by atoms with Gasteiger partial charge in [-0.15, -0.1) is 5.10 Å². The summed E-state index contributed by atoms with van der Waals surface area (Å²) in [7, 11) is 0. The second-order valence-corrected chi connectivity index (χ2v) is 7.75. The number of urea groups is 1. The lowest BCUT2D eigenvalue weighted by molar-refractivity contribution is -0.181. The Bertz CT molecular complexity index is 1380. The smallest absolute Gasteiger partial charge is 0.307 e. The number of carbonyl (C=O) groups is 1. The van der Waals surface area contributed by atoms with Crippen molar-refractivity contribution >= 4 is 41.3 Å². The van der Waals surface area contributed by atoms with Crippen LogP contribution in [0.15, 0.2) is 29.6 Å². The van der Waals surface area contributed by atoms with Gasteiger partial charge in [0.25, 0.3) is 0 Å². The van der Waals surface area contributed by atoms with Crippen molar-refractivity contribution in [2.24, 2.45) is 5.10 Å². The summed E-state index contributed by atoms with van der Waals surface area (Å²) in [5, 5.41) is 15.7. The number of hydrazone groups is 1. The summed E-state index contributed by atoms with van der Waals surface area (Å²) in [6.07, 6.45) is -6.53. The molecule has 3 N–H and O–H groups in total. The third-order valence-electron chi connectivity index (χ3n) is 5.36. The van der Waals surface area contributed by atoms with Gasteiger partial charge in [-0.1, -0.05) is 0 Å². The van der Waals surface area contributed by atoms with E-state index in [0.29, 0.717) is 21.7 Å². The highest BCUT2D eigenvalue weighted by molar-refractivity contribution is 6.14. The lowest BCUT2D eigenvalue weighted by Gasteiger charge is -2.28. The highest BCUT2D eigenvalue weighted by atomic mass is 19.4. The van der Waals surface area contributed by atoms with E-state index in [9.17, 15) is 35.5 Å². The number of fused-ring (bicyclic) bond motifs is 3. The Labute approximate surface area is 196 Å². The normalized spacial score (nSPS) is 18.1. The molecule has 1 atom stereocenters. The van der Waals surface area contributed by atoms with E-state index in [-0.39, 0.29) is 11.3 Å². The average Bonchev–Trinajstić information content (AvgIpc) is 3.31. The van der Waals surface area contributed by atoms with E-state index in [1.807, 2.05) is 5.43 Å². The first-order valence-corrected chi connectivity index (χ1v) is 9.81. The lowest BCUT2D eigenvalue weighted by Crippen LogP contribution is -2.46. The maximum atomic E-state index is 14.1. The van der Waals surface area contributed by atoms with Crippen molar-refractivity contribution in [1.82, 2.24) is 19.6 Å². The number of amides is 2. The third kappa shape index (κ3) is 4.16. The summed E-state index contributed by atoms with van der Waals surface area (Å²) >= 11 is 0. The molecule has 0 aromatic carbocycles. The van der Waals surface area contributed by atoms with Gasteiger partial charge in [0.05, 0.1) is 35.7 Å². The first kappa shape index (κ1) is 24.8. The van der Waals surface area contributed by atoms with Crippen molar-refractivity contribution in [3.63, 3.8) is 0 Å². The number of nitrogens with zero attached hydrogens (tertiary/aromatic N) is 6. The number of nitrogens with one attached hydrogen (secondary N) is 3. The first-order valence-electron chi connectivity index (χ1n) is 9.81. The van der Waals surface area contributed by atoms with Crippen molar-refractivity contribution < 1.29 is 35.5 Å². The molecule has 3 aromatic rings. The van der Waals surface area contributed by atoms with Crippen LogP contribution in [0.5, 0.6) is 0 Å². The van der Waals surface area contributed by atoms with E-state index in [1.165, 1.54) is 0 Å². The number of aromatic nitrogens is 4. The number of rotatable bonds is 4. The molecule has 0 bridgehead atoms. The quantitative estimate of drug-likeness (QED) is 0.272. The zero-order chi connectivity index (χ0) is 26.5. The Hall–Kier alpha value is -4.31. The number of halogens is 7. The van der Waals surface area contributed by atoms with Gasteiger partial charge in [-0.2, -0.15) is 35.8 Å². The second-order valence-electron chi connectivity index (χ2n) is 7.75. The van der Waals surface area contributed by atoms with Gasteiger partial charge >= 0.3 is 18.4 Å². The fourth-order valence-corrected chi connectivity index (χ4v) is 3.66. The summed E-state index contributed by atoms with van der Waals surface area (Å²) in [4.78, 5) is 20.9. The molecule has 190 valence electrons. The van der Waals surface area contributed by atoms with Crippen LogP contribution in [0, 0.1) is 11.4 Å². The fourth-order valence-electron chi connectivity index (χ4n) is 3.66. The zero-order valence-electron chi connectivity index (χ0n) is 17.9. The summed E-state index contributed by atoms with van der Waals surface area (Å²) in [6, 6.07) is 0.110. The molecule has 0 saturated heterocycles. The molecular weight excluding hydrogens is 503 g/mol. The van der Waals surface area contributed by atoms with E-state index in [2.05, 4.69) is 25.5 Å². The molecule has 0 radical (unpaired) electrons. The Balaban J connectivity index is 1.72. The maximum absolute atomic E-state index is 14.1. The maximum Gasteiger partial charge on any atom is 0.420 e. The molecule has 0 saturated carbocycles. The number of alkyl halides is 6. The molecule has 1 aliphatic heterocycles. The molecule has 3 aromatic heterocycles. The van der Waals surface area contributed by atoms with E-state index in [4.69, 9.17) is 5.41 Å². The summed E-state index contributed by atoms with van der Waals surface area (Å²) < 4.78 is 97.1. The Morgan fingerprint density at radius 1 is 1.19 bits per heavy atom. The minimum absolute atomic E-state index is 0.225. The van der Waals surface area contributed by atoms with Crippen LogP contribution in [-0.2, 0) is 11.6 Å². The van der Waals surface area contributed by atoms with Gasteiger partial charge in [0.1, 0.15) is 11.0 Å². The summed E-state index contributed by atoms with van der Waals surface area (Å²) in [5.74, 6) is -1.82. The van der Waals surface area contributed by atoms with Gasteiger partial charge in [-0.25, -0.2) is 19.3 Å². The van der Waals surface area contributed by atoms with Crippen molar-refractivity contribution in [3.8, 4) is 0 Å². The van der Waals surface area contributed by atoms with Crippen LogP contribution in [0.1, 0.15) is 18.2 Å². The van der Waals surface area contributed by atoms with Gasteiger partial charge in [0.2, 0.25) is 5.95 Å². The third-order valence-corrected chi connectivity index (χ3v) is 5.36. The van der Waals surface area contributed by atoms with Crippen LogP contribution in [0.4, 0.5) is 52.7 Å². The molecule has 1 aliphatic rings. The number of carbonyl (C=O) groups excluding carboxylic acids is 1. The van der Waals surface area contributed by atoms with Gasteiger partial charge in [-0.05, 0) is 13.0 Å². The predicted molar refractivity (Wildman–Crippen MR) is 113 cm³/mol. The van der Waals surface area contributed by atoms with Crippen molar-refractivity contribution in [3.05, 3.63) is 41.7 Å². The number of anilines is 3. The van der Waals surface area contributed by atoms with E-state index < -0.39 is 59.1 Å². The van der Waals surface area contributed by atoms with Crippen molar-refractivity contribution in [2.45, 2.75) is 24.7 Å². The monoisotopic (exact) mass is 517 g/mol. The van der Waals surface area contributed by atoms with Crippen LogP contribution in [-0.4, -0.2) is 50.8 Å². The number of hydrogen-bond donors (Lipinski definition) is 3. The lowest BCUT2D eigenvalue weighted by atomic mass is 9.88. The van der Waals surface area contributed by atoms with Gasteiger partial charge in [0.15, 0.2) is 11.5 Å². The summed E-state index contributed by atoms with van der Waals surface area (Å²) in [5.41, 5.74) is -3.64. The average molecular weight is 517 g/mol. The molecule has 36 heavy (non-hydrogen) atoms. The molecule has 0 aliphatic carbocycles. The first-order chi connectivity index (χ1) is 16.8.